The number of benzene rings is 13. The minimum absolute atomic E-state index is 0.0167. The van der Waals surface area contributed by atoms with Crippen molar-refractivity contribution in [3.8, 4) is 0 Å². The highest BCUT2D eigenvalue weighted by Gasteiger charge is 2.55. The van der Waals surface area contributed by atoms with Crippen molar-refractivity contribution in [3.05, 3.63) is 442 Å². The fourth-order valence-corrected chi connectivity index (χ4v) is 17.2. The molecule has 0 aliphatic carbocycles. The van der Waals surface area contributed by atoms with Gasteiger partial charge in [0.1, 0.15) is 111 Å². The zero-order chi connectivity index (χ0) is 109. The van der Waals surface area contributed by atoms with Gasteiger partial charge in [-0.15, -0.1) is 38.2 Å². The van der Waals surface area contributed by atoms with Gasteiger partial charge in [0.2, 0.25) is 23.3 Å². The predicted octanol–water partition coefficient (Wildman–Crippen LogP) is 24.5. The van der Waals surface area contributed by atoms with Gasteiger partial charge in [0.15, 0.2) is 112 Å². The molecule has 0 aliphatic heterocycles. The Morgan fingerprint density at radius 3 is 0.593 bits per heavy atom. The summed E-state index contributed by atoms with van der Waals surface area (Å²) in [6, 6.07) is 36.0. The quantitative estimate of drug-likeness (QED) is 0.0144. The fraction of sp³-hybridized carbons (Fsp3) is 0.0430. The van der Waals surface area contributed by atoms with Crippen molar-refractivity contribution in [1.29, 1.82) is 0 Å². The number of halogens is 50. The molecule has 13 aromatic rings. The van der Waals surface area contributed by atoms with Crippen molar-refractivity contribution in [2.45, 2.75) is 26.7 Å². The molecule has 13 aromatic carbocycles. The second-order valence-electron chi connectivity index (χ2n) is 29.8. The standard InChI is InChI=1S/C32BF28.C26H4BF18.C19H12F3.C16H18I/c34-9-1(17(42)29(54)55)10(35)22(47)5(21(9)46)33(6-23(48)11(36)2(12(37)24(6)49)18(43)30(56)57,7-25(50)13(38)3(14(39)26(7)51)19(44)31(58)59)8-27(52)15(40)4(16(41)28(8)53)20(45)32(60)61;28-10(26(44)45)5-1-3-6(4-2-5)27(7-11(29)17(35)23(41)18(36)12(7)30,8-13(31)19(37)24(42)20(38)14(8)32)9-15(33)21(39)25(43)22(40)16(9)34;20-16-7-1-13(2-8-16)19(14-3-9-17(21)10-4-14)15-5-11-18(22)12-6-15;1-12(2)14-6-10-16(11-7-14)17-15-8-4-13(3)5-9-15/h;1-4H;1-12H;4-12H,1-3H3/q2*-1;2*+1. The Labute approximate surface area is 787 Å². The largest absolute Gasteiger partial charge is 0.357 e. The van der Waals surface area contributed by atoms with E-state index in [1.165, 1.54) is 54.7 Å². The molecule has 13 rings (SSSR count). The summed E-state index contributed by atoms with van der Waals surface area (Å²) in [5, 5.41) is 0. The molecule has 0 bridgehead atoms. The Kier molecular flexibility index (Phi) is 34.4. The molecule has 0 saturated heterocycles. The summed E-state index contributed by atoms with van der Waals surface area (Å²) >= 11 is -0.0167. The van der Waals surface area contributed by atoms with Crippen LogP contribution >= 0.6 is 0 Å². The molecule has 0 heterocycles. The zero-order valence-corrected chi connectivity index (χ0v) is 72.1. The normalized spacial score (nSPS) is 11.4. The molecular weight excluding hydrogens is 2200 g/mol. The third kappa shape index (κ3) is 20.5. The Balaban J connectivity index is 0.000000221. The molecule has 0 fully saturated rings. The highest BCUT2D eigenvalue weighted by Crippen LogP contribution is 2.42. The third-order valence-electron chi connectivity index (χ3n) is 21.5. The maximum absolute atomic E-state index is 16.2. The summed E-state index contributed by atoms with van der Waals surface area (Å²) in [6.45, 7) is 6.62. The first-order valence-corrected chi connectivity index (χ1v) is 40.7. The van der Waals surface area contributed by atoms with Crippen LogP contribution in [0.5, 0.6) is 0 Å². The molecular formula is C93H34B2F49I. The molecule has 145 heavy (non-hydrogen) atoms. The predicted molar refractivity (Wildman–Crippen MR) is 419 cm³/mol. The summed E-state index contributed by atoms with van der Waals surface area (Å²) < 4.78 is 718. The lowest BCUT2D eigenvalue weighted by atomic mass is 9.12. The summed E-state index contributed by atoms with van der Waals surface area (Å²) in [6.07, 6.45) is -33.4. The van der Waals surface area contributed by atoms with Gasteiger partial charge in [0.25, 0.3) is 0 Å². The van der Waals surface area contributed by atoms with E-state index >= 15 is 96.6 Å². The number of hydrogen-bond acceptors (Lipinski definition) is 0. The van der Waals surface area contributed by atoms with Gasteiger partial charge in [0.05, 0.1) is 44.9 Å². The minimum atomic E-state index is -8.01. The average molecular weight is 2230 g/mol. The minimum Gasteiger partial charge on any atom is -0.207 e. The first-order chi connectivity index (χ1) is 67.6. The lowest BCUT2D eigenvalue weighted by Gasteiger charge is -2.45. The van der Waals surface area contributed by atoms with E-state index in [9.17, 15) is 119 Å². The van der Waals surface area contributed by atoms with Gasteiger partial charge in [0, 0.05) is 5.56 Å². The fourth-order valence-electron chi connectivity index (χ4n) is 15.1. The van der Waals surface area contributed by atoms with Crippen LogP contribution in [0.2, 0.25) is 0 Å². The van der Waals surface area contributed by atoms with Crippen LogP contribution in [0.4, 0.5) is 215 Å². The lowest BCUT2D eigenvalue weighted by molar-refractivity contribution is -0.597. The molecule has 0 saturated carbocycles. The lowest BCUT2D eigenvalue weighted by Crippen LogP contribution is -3.61. The van der Waals surface area contributed by atoms with Crippen molar-refractivity contribution in [1.82, 2.24) is 0 Å². The number of aryl methyl sites for hydroxylation is 1. The summed E-state index contributed by atoms with van der Waals surface area (Å²) in [4.78, 5) is 0. The van der Waals surface area contributed by atoms with Gasteiger partial charge >= 0.3 is 51.6 Å². The molecule has 0 atom stereocenters. The van der Waals surface area contributed by atoms with Crippen LogP contribution in [0.25, 0.3) is 29.1 Å². The third-order valence-corrected chi connectivity index (χ3v) is 24.2. The molecule has 0 spiro atoms. The van der Waals surface area contributed by atoms with E-state index in [2.05, 4.69) is 69.3 Å². The van der Waals surface area contributed by atoms with E-state index in [0.29, 0.717) is 5.92 Å². The van der Waals surface area contributed by atoms with Crippen LogP contribution < -0.4 is 64.9 Å². The number of rotatable bonds is 19. The first kappa shape index (κ1) is 113. The van der Waals surface area contributed by atoms with Gasteiger partial charge in [-0.2, -0.15) is 49.4 Å². The molecule has 762 valence electrons. The van der Waals surface area contributed by atoms with Crippen molar-refractivity contribution in [3.63, 3.8) is 0 Å². The molecule has 0 amide bonds. The Bertz CT molecular complexity index is 6620. The summed E-state index contributed by atoms with van der Waals surface area (Å²) in [7, 11) is 0. The van der Waals surface area contributed by atoms with E-state index in [-0.39, 0.29) is 62.9 Å². The Morgan fingerprint density at radius 2 is 0.393 bits per heavy atom. The monoisotopic (exact) mass is 2230 g/mol. The van der Waals surface area contributed by atoms with E-state index in [4.69, 9.17) is 0 Å². The first-order valence-electron chi connectivity index (χ1n) is 38.6. The summed E-state index contributed by atoms with van der Waals surface area (Å²) in [5.41, 5.74) is -37.3. The molecule has 0 aromatic heterocycles. The molecule has 0 N–H and O–H groups in total. The van der Waals surface area contributed by atoms with Gasteiger partial charge in [-0.3, -0.25) is 0 Å². The molecule has 0 nitrogen and oxygen atoms in total. The van der Waals surface area contributed by atoms with Crippen LogP contribution in [-0.2, 0) is 0 Å². The highest BCUT2D eigenvalue weighted by molar-refractivity contribution is 7.21. The van der Waals surface area contributed by atoms with Crippen LogP contribution in [0.1, 0.15) is 75.4 Å². The zero-order valence-electron chi connectivity index (χ0n) is 70.0. The molecule has 52 heteroatoms. The maximum Gasteiger partial charge on any atom is 0.357 e. The second kappa shape index (κ2) is 44.2. The maximum atomic E-state index is 16.2. The van der Waals surface area contributed by atoms with Crippen LogP contribution in [0, 0.1) is 218 Å². The molecule has 0 aliphatic rings. The van der Waals surface area contributed by atoms with Crippen LogP contribution in [-0.4, -0.2) is 12.3 Å². The van der Waals surface area contributed by atoms with Crippen molar-refractivity contribution in [2.75, 3.05) is 0 Å². The number of hydrogen-bond donors (Lipinski definition) is 0. The summed E-state index contributed by atoms with van der Waals surface area (Å²) in [5.74, 6) is -131. The van der Waals surface area contributed by atoms with Crippen molar-refractivity contribution < 1.29 is 236 Å². The van der Waals surface area contributed by atoms with E-state index in [0.717, 1.165) is 22.6 Å². The van der Waals surface area contributed by atoms with Gasteiger partial charge in [-0.05, 0) is 115 Å². The van der Waals surface area contributed by atoms with Gasteiger partial charge < -0.3 is 0 Å². The van der Waals surface area contributed by atoms with Crippen molar-refractivity contribution in [2.24, 2.45) is 0 Å². The average Bonchev–Trinajstić information content (AvgIpc) is 0.674. The highest BCUT2D eigenvalue weighted by atomic mass is 127. The topological polar surface area (TPSA) is 0 Å². The SMILES string of the molecule is Cc1ccc([I+]c2ccc(C(C)C)cc2)cc1.FC(F)=C(F)c1c(F)c(F)c([B-](c2c(F)c(F)c(C(F)=C(F)F)c(F)c2F)(c2c(F)c(F)c(C(F)=C(F)F)c(F)c2F)c2c(F)c(F)c(C(F)=C(F)F)c(F)c2F)c(F)c1F.FC(F)=C(F)c1ccc([B-](c2c(F)c(F)c(F)c(F)c2F)(c2c(F)c(F)c(F)c(F)c2F)c2c(F)c(F)c(F)c(F)c2F)cc1.Fc1ccc([C+](c2ccc(F)cc2)c2ccc(F)cc2)cc1. The van der Waals surface area contributed by atoms with E-state index in [1.54, 1.807) is 36.4 Å². The molecule has 0 radical (unpaired) electrons. The smallest absolute Gasteiger partial charge is 0.207 e. The Hall–Kier alpha value is -14.1. The molecule has 0 unspecified atom stereocenters. The van der Waals surface area contributed by atoms with E-state index < -0.39 is 324 Å². The van der Waals surface area contributed by atoms with Crippen LogP contribution in [0.15, 0.2) is 176 Å². The second-order valence-corrected chi connectivity index (χ2v) is 32.9. The van der Waals surface area contributed by atoms with E-state index in [1.807, 2.05) is 0 Å². The van der Waals surface area contributed by atoms with Gasteiger partial charge in [-0.25, -0.2) is 171 Å². The van der Waals surface area contributed by atoms with Gasteiger partial charge in [-0.1, -0.05) is 67.9 Å². The Morgan fingerprint density at radius 1 is 0.207 bits per heavy atom. The van der Waals surface area contributed by atoms with Crippen LogP contribution in [0.3, 0.4) is 0 Å². The van der Waals surface area contributed by atoms with Crippen molar-refractivity contribution >= 4 is 85.1 Å².